The predicted octanol–water partition coefficient (Wildman–Crippen LogP) is 5.53. The maximum atomic E-state index is 14.1. The highest BCUT2D eigenvalue weighted by Gasteiger charge is 2.37. The van der Waals surface area contributed by atoms with Gasteiger partial charge in [-0.3, -0.25) is 0 Å². The summed E-state index contributed by atoms with van der Waals surface area (Å²) in [7, 11) is -5.23. The van der Waals surface area contributed by atoms with Crippen molar-refractivity contribution in [3.8, 4) is 16.9 Å². The Hall–Kier alpha value is -3.04. The Morgan fingerprint density at radius 1 is 1.11 bits per heavy atom. The van der Waals surface area contributed by atoms with Crippen molar-refractivity contribution in [1.82, 2.24) is 4.98 Å². The first-order valence-electron chi connectivity index (χ1n) is 10.8. The Kier molecular flexibility index (Phi) is 7.49. The fourth-order valence-electron chi connectivity index (χ4n) is 3.57. The van der Waals surface area contributed by atoms with E-state index in [2.05, 4.69) is 10.3 Å². The third kappa shape index (κ3) is 5.37. The maximum Gasteiger partial charge on any atom is 0.419 e. The van der Waals surface area contributed by atoms with Crippen molar-refractivity contribution in [2.45, 2.75) is 30.2 Å². The molecular weight excluding hydrogens is 514 g/mol. The van der Waals surface area contributed by atoms with E-state index in [0.29, 0.717) is 11.5 Å². The molecule has 0 radical (unpaired) electrons. The van der Waals surface area contributed by atoms with Gasteiger partial charge < -0.3 is 20.4 Å². The lowest BCUT2D eigenvalue weighted by molar-refractivity contribution is -0.137. The second kappa shape index (κ2) is 9.78. The monoisotopic (exact) mass is 541 g/mol. The quantitative estimate of drug-likeness (QED) is 0.378. The first-order chi connectivity index (χ1) is 16.6. The summed E-state index contributed by atoms with van der Waals surface area (Å²) in [6, 6.07) is 10.2. The molecule has 7 nitrogen and oxygen atoms in total. The fraction of sp³-hybridized carbons (Fsp3) is 0.292. The van der Waals surface area contributed by atoms with Crippen molar-refractivity contribution < 1.29 is 30.9 Å². The second-order valence-electron chi connectivity index (χ2n) is 8.76. The Morgan fingerprint density at radius 2 is 1.75 bits per heavy atom. The summed E-state index contributed by atoms with van der Waals surface area (Å²) < 4.78 is 86.3. The number of para-hydroxylation sites is 1. The van der Waals surface area contributed by atoms with E-state index in [1.54, 1.807) is 13.3 Å². The molecule has 3 N–H and O–H groups in total. The van der Waals surface area contributed by atoms with Crippen LogP contribution in [0.3, 0.4) is 0 Å². The standard InChI is InChI=1S/C24H27F3N3O4PS/c1-14(2)36(32,33)20-9-7-6-8-18(20)30-22-17(24(25,26)27)13-29-23(28)21(22)16-11-10-15(35(4,5)31)12-19(16)34-3/h6-14H,1-5H3,(H3,28,29,30). The minimum absolute atomic E-state index is 0.0502. The number of anilines is 3. The van der Waals surface area contributed by atoms with Crippen LogP contribution in [0.25, 0.3) is 11.1 Å². The normalized spacial score (nSPS) is 12.6. The van der Waals surface area contributed by atoms with Crippen LogP contribution in [0.15, 0.2) is 53.6 Å². The minimum atomic E-state index is -4.85. The van der Waals surface area contributed by atoms with Crippen molar-refractivity contribution >= 4 is 39.5 Å². The highest BCUT2D eigenvalue weighted by atomic mass is 32.2. The molecule has 0 saturated heterocycles. The Morgan fingerprint density at radius 3 is 2.31 bits per heavy atom. The molecule has 0 aliphatic rings. The zero-order valence-electron chi connectivity index (χ0n) is 20.3. The number of rotatable bonds is 7. The Balaban J connectivity index is 2.37. The van der Waals surface area contributed by atoms with Gasteiger partial charge in [0.2, 0.25) is 0 Å². The molecule has 1 heterocycles. The van der Waals surface area contributed by atoms with E-state index in [9.17, 15) is 26.2 Å². The van der Waals surface area contributed by atoms with Crippen LogP contribution in [0, 0.1) is 0 Å². The molecule has 12 heteroatoms. The molecule has 3 aromatic rings. The van der Waals surface area contributed by atoms with Gasteiger partial charge in [-0.25, -0.2) is 13.4 Å². The zero-order valence-corrected chi connectivity index (χ0v) is 22.1. The number of alkyl halides is 3. The summed E-state index contributed by atoms with van der Waals surface area (Å²) in [4.78, 5) is 3.60. The van der Waals surface area contributed by atoms with Crippen molar-refractivity contribution in [2.75, 3.05) is 31.5 Å². The number of methoxy groups -OCH3 is 1. The van der Waals surface area contributed by atoms with Crippen molar-refractivity contribution in [2.24, 2.45) is 0 Å². The maximum absolute atomic E-state index is 14.1. The van der Waals surface area contributed by atoms with E-state index < -0.39 is 39.7 Å². The summed E-state index contributed by atoms with van der Waals surface area (Å²) >= 11 is 0. The van der Waals surface area contributed by atoms with Crippen molar-refractivity contribution in [1.29, 1.82) is 0 Å². The number of sulfone groups is 1. The van der Waals surface area contributed by atoms with E-state index in [1.165, 1.54) is 63.4 Å². The molecular formula is C24H27F3N3O4PS. The molecule has 0 bridgehead atoms. The molecule has 0 atom stereocenters. The number of nitrogen functional groups attached to an aromatic ring is 1. The minimum Gasteiger partial charge on any atom is -0.496 e. The van der Waals surface area contributed by atoms with Crippen molar-refractivity contribution in [3.05, 3.63) is 54.2 Å². The average molecular weight is 542 g/mol. The van der Waals surface area contributed by atoms with Gasteiger partial charge in [-0.05, 0) is 51.4 Å². The lowest BCUT2D eigenvalue weighted by Gasteiger charge is -2.22. The van der Waals surface area contributed by atoms with E-state index >= 15 is 0 Å². The number of benzene rings is 2. The Labute approximate surface area is 208 Å². The molecule has 0 fully saturated rings. The van der Waals surface area contributed by atoms with E-state index in [-0.39, 0.29) is 33.3 Å². The predicted molar refractivity (Wildman–Crippen MR) is 137 cm³/mol. The van der Waals surface area contributed by atoms with Gasteiger partial charge in [-0.1, -0.05) is 18.2 Å². The highest BCUT2D eigenvalue weighted by Crippen LogP contribution is 2.47. The molecule has 36 heavy (non-hydrogen) atoms. The van der Waals surface area contributed by atoms with E-state index in [1.807, 2.05) is 0 Å². The van der Waals surface area contributed by atoms with Crippen LogP contribution in [0.1, 0.15) is 19.4 Å². The van der Waals surface area contributed by atoms with Gasteiger partial charge in [0.25, 0.3) is 0 Å². The summed E-state index contributed by atoms with van der Waals surface area (Å²) in [5, 5.41) is 2.34. The third-order valence-electron chi connectivity index (χ3n) is 5.56. The van der Waals surface area contributed by atoms with Gasteiger partial charge in [-0.2, -0.15) is 13.2 Å². The number of nitrogens with zero attached hydrogens (tertiary/aromatic N) is 1. The van der Waals surface area contributed by atoms with Gasteiger partial charge >= 0.3 is 6.18 Å². The molecule has 194 valence electrons. The lowest BCUT2D eigenvalue weighted by atomic mass is 10.00. The van der Waals surface area contributed by atoms with Gasteiger partial charge in [0.05, 0.1) is 39.8 Å². The second-order valence-corrected chi connectivity index (χ2v) is 14.4. The molecule has 0 saturated carbocycles. The van der Waals surface area contributed by atoms with Crippen LogP contribution in [-0.4, -0.2) is 39.1 Å². The van der Waals surface area contributed by atoms with Gasteiger partial charge in [0, 0.05) is 17.1 Å². The van der Waals surface area contributed by atoms with Crippen molar-refractivity contribution in [3.63, 3.8) is 0 Å². The molecule has 0 unspecified atom stereocenters. The summed E-state index contributed by atoms with van der Waals surface area (Å²) in [5.41, 5.74) is 4.44. The van der Waals surface area contributed by atoms with Crippen LogP contribution in [0.4, 0.5) is 30.4 Å². The lowest BCUT2D eigenvalue weighted by Crippen LogP contribution is -2.17. The zero-order chi connectivity index (χ0) is 27.1. The van der Waals surface area contributed by atoms with E-state index in [0.717, 1.165) is 0 Å². The summed E-state index contributed by atoms with van der Waals surface area (Å²) in [6.07, 6.45) is -4.26. The average Bonchev–Trinajstić information content (AvgIpc) is 2.77. The molecule has 0 aliphatic carbocycles. The molecule has 0 amide bonds. The van der Waals surface area contributed by atoms with Gasteiger partial charge in [-0.15, -0.1) is 0 Å². The molecule has 0 spiro atoms. The smallest absolute Gasteiger partial charge is 0.419 e. The SMILES string of the molecule is COc1cc(P(C)(C)=O)ccc1-c1c(N)ncc(C(F)(F)F)c1Nc1ccccc1S(=O)(=O)C(C)C. The number of ether oxygens (including phenoxy) is 1. The van der Waals surface area contributed by atoms with Crippen LogP contribution in [0.5, 0.6) is 5.75 Å². The fourth-order valence-corrected chi connectivity index (χ4v) is 5.63. The number of aromatic nitrogens is 1. The molecule has 2 aromatic carbocycles. The Bertz CT molecular complexity index is 1450. The van der Waals surface area contributed by atoms with Crippen LogP contribution < -0.4 is 21.1 Å². The molecule has 3 rings (SSSR count). The number of nitrogens with one attached hydrogen (secondary N) is 1. The van der Waals surface area contributed by atoms with E-state index in [4.69, 9.17) is 10.5 Å². The molecule has 1 aromatic heterocycles. The number of hydrogen-bond donors (Lipinski definition) is 2. The summed E-state index contributed by atoms with van der Waals surface area (Å²) in [5.74, 6) is -0.104. The number of nitrogens with two attached hydrogens (primary N) is 1. The largest absolute Gasteiger partial charge is 0.496 e. The summed E-state index contributed by atoms with van der Waals surface area (Å²) in [6.45, 7) is 6.08. The number of pyridine rings is 1. The third-order valence-corrected chi connectivity index (χ3v) is 9.30. The topological polar surface area (TPSA) is 111 Å². The number of hydrogen-bond acceptors (Lipinski definition) is 7. The first-order valence-corrected chi connectivity index (χ1v) is 14.9. The van der Waals surface area contributed by atoms with Gasteiger partial charge in [0.1, 0.15) is 18.7 Å². The highest BCUT2D eigenvalue weighted by molar-refractivity contribution is 7.92. The molecule has 0 aliphatic heterocycles. The number of halogens is 3. The van der Waals surface area contributed by atoms with Gasteiger partial charge in [0.15, 0.2) is 9.84 Å². The first kappa shape index (κ1) is 27.5. The van der Waals surface area contributed by atoms with Crippen LogP contribution in [-0.2, 0) is 20.6 Å². The van der Waals surface area contributed by atoms with Crippen LogP contribution >= 0.6 is 7.14 Å². The van der Waals surface area contributed by atoms with Crippen LogP contribution in [0.2, 0.25) is 0 Å².